The van der Waals surface area contributed by atoms with E-state index in [1.54, 1.807) is 31.2 Å². The Morgan fingerprint density at radius 3 is 2.86 bits per heavy atom. The fourth-order valence-corrected chi connectivity index (χ4v) is 3.55. The zero-order valence-corrected chi connectivity index (χ0v) is 15.5. The second kappa shape index (κ2) is 7.47. The molecule has 3 heterocycles. The first-order valence-corrected chi connectivity index (χ1v) is 9.24. The van der Waals surface area contributed by atoms with Gasteiger partial charge in [0.2, 0.25) is 0 Å². The van der Waals surface area contributed by atoms with Gasteiger partial charge in [0.15, 0.2) is 6.61 Å². The Hall–Kier alpha value is -3.13. The van der Waals surface area contributed by atoms with E-state index in [2.05, 4.69) is 16.0 Å². The van der Waals surface area contributed by atoms with E-state index < -0.39 is 11.5 Å². The molecular weight excluding hydrogens is 362 g/mol. The van der Waals surface area contributed by atoms with Crippen LogP contribution in [0.25, 0.3) is 0 Å². The standard InChI is InChI=1S/C20H21N3O5/c1-11-7-15(12-3-2-6-21-9-12)28-20(26)18(11)19(25)22-13-4-5-14-16(8-13)27-10-17(24)23-14/h4-5,7-8,12,21H,2-3,6,9-10H2,1H3,(H,22,25)(H,23,24). The van der Waals surface area contributed by atoms with Gasteiger partial charge in [-0.1, -0.05) is 0 Å². The van der Waals surface area contributed by atoms with E-state index in [1.165, 1.54) is 0 Å². The SMILES string of the molecule is Cc1cc(C2CCCNC2)oc(=O)c1C(=O)Nc1ccc2c(c1)OCC(=O)N2. The van der Waals surface area contributed by atoms with E-state index in [0.29, 0.717) is 28.4 Å². The minimum absolute atomic E-state index is 0.0144. The molecule has 0 spiro atoms. The highest BCUT2D eigenvalue weighted by Crippen LogP contribution is 2.31. The van der Waals surface area contributed by atoms with E-state index in [1.807, 2.05) is 0 Å². The molecule has 1 unspecified atom stereocenters. The maximum Gasteiger partial charge on any atom is 0.349 e. The molecule has 2 aliphatic rings. The van der Waals surface area contributed by atoms with Gasteiger partial charge in [-0.15, -0.1) is 0 Å². The van der Waals surface area contributed by atoms with Crippen LogP contribution < -0.4 is 26.3 Å². The summed E-state index contributed by atoms with van der Waals surface area (Å²) in [4.78, 5) is 36.5. The van der Waals surface area contributed by atoms with Crippen LogP contribution >= 0.6 is 0 Å². The second-order valence-electron chi connectivity index (χ2n) is 7.04. The summed E-state index contributed by atoms with van der Waals surface area (Å²) in [6.45, 7) is 3.38. The Morgan fingerprint density at radius 2 is 2.11 bits per heavy atom. The molecule has 0 radical (unpaired) electrons. The Kier molecular flexibility index (Phi) is 4.87. The van der Waals surface area contributed by atoms with E-state index in [4.69, 9.17) is 9.15 Å². The summed E-state index contributed by atoms with van der Waals surface area (Å²) in [7, 11) is 0. The van der Waals surface area contributed by atoms with Crippen LogP contribution in [0.15, 0.2) is 33.5 Å². The minimum Gasteiger partial charge on any atom is -0.482 e. The van der Waals surface area contributed by atoms with Gasteiger partial charge in [0.25, 0.3) is 11.8 Å². The van der Waals surface area contributed by atoms with Gasteiger partial charge in [0, 0.05) is 24.2 Å². The molecule has 0 aliphatic carbocycles. The van der Waals surface area contributed by atoms with Gasteiger partial charge in [-0.05, 0) is 50.1 Å². The smallest absolute Gasteiger partial charge is 0.349 e. The van der Waals surface area contributed by atoms with E-state index in [0.717, 1.165) is 25.9 Å². The fourth-order valence-electron chi connectivity index (χ4n) is 3.55. The highest BCUT2D eigenvalue weighted by molar-refractivity contribution is 6.05. The quantitative estimate of drug-likeness (QED) is 0.748. The van der Waals surface area contributed by atoms with Crippen molar-refractivity contribution < 1.29 is 18.7 Å². The van der Waals surface area contributed by atoms with Crippen molar-refractivity contribution in [2.45, 2.75) is 25.7 Å². The molecule has 146 valence electrons. The monoisotopic (exact) mass is 383 g/mol. The minimum atomic E-state index is -0.639. The van der Waals surface area contributed by atoms with Crippen LogP contribution in [0.3, 0.4) is 0 Å². The van der Waals surface area contributed by atoms with Crippen LogP contribution in [0.2, 0.25) is 0 Å². The number of rotatable bonds is 3. The Balaban J connectivity index is 1.55. The third-order valence-electron chi connectivity index (χ3n) is 4.97. The molecule has 28 heavy (non-hydrogen) atoms. The number of hydrogen-bond acceptors (Lipinski definition) is 6. The fraction of sp³-hybridized carbons (Fsp3) is 0.350. The summed E-state index contributed by atoms with van der Waals surface area (Å²) >= 11 is 0. The number of hydrogen-bond donors (Lipinski definition) is 3. The number of ether oxygens (including phenoxy) is 1. The van der Waals surface area contributed by atoms with Gasteiger partial charge in [-0.2, -0.15) is 0 Å². The number of nitrogens with one attached hydrogen (secondary N) is 3. The molecule has 1 fully saturated rings. The number of amides is 2. The molecule has 1 aromatic carbocycles. The van der Waals surface area contributed by atoms with Crippen LogP contribution in [0.1, 0.15) is 40.4 Å². The summed E-state index contributed by atoms with van der Waals surface area (Å²) in [5, 5.41) is 8.67. The lowest BCUT2D eigenvalue weighted by atomic mass is 9.95. The van der Waals surface area contributed by atoms with Crippen LogP contribution in [-0.4, -0.2) is 31.5 Å². The summed E-state index contributed by atoms with van der Waals surface area (Å²) in [5.74, 6) is 0.445. The summed E-state index contributed by atoms with van der Waals surface area (Å²) in [6.07, 6.45) is 1.98. The van der Waals surface area contributed by atoms with E-state index in [9.17, 15) is 14.4 Å². The third kappa shape index (κ3) is 3.63. The zero-order chi connectivity index (χ0) is 19.7. The Bertz CT molecular complexity index is 992. The lowest BCUT2D eigenvalue weighted by Crippen LogP contribution is -2.30. The molecular formula is C20H21N3O5. The topological polar surface area (TPSA) is 110 Å². The van der Waals surface area contributed by atoms with Crippen LogP contribution in [-0.2, 0) is 4.79 Å². The zero-order valence-electron chi connectivity index (χ0n) is 15.5. The molecule has 0 saturated carbocycles. The summed E-state index contributed by atoms with van der Waals surface area (Å²) in [5.41, 5.74) is 0.921. The average Bonchev–Trinajstić information content (AvgIpc) is 2.68. The second-order valence-corrected chi connectivity index (χ2v) is 7.04. The maximum absolute atomic E-state index is 12.7. The number of aryl methyl sites for hydroxylation is 1. The molecule has 1 saturated heterocycles. The van der Waals surface area contributed by atoms with Crippen LogP contribution in [0.5, 0.6) is 5.75 Å². The lowest BCUT2D eigenvalue weighted by molar-refractivity contribution is -0.118. The normalized spacial score (nSPS) is 18.6. The van der Waals surface area contributed by atoms with Crippen molar-refractivity contribution in [1.82, 2.24) is 5.32 Å². The van der Waals surface area contributed by atoms with Gasteiger partial charge in [0.05, 0.1) is 5.69 Å². The van der Waals surface area contributed by atoms with Crippen LogP contribution in [0, 0.1) is 6.92 Å². The highest BCUT2D eigenvalue weighted by atomic mass is 16.5. The first-order valence-electron chi connectivity index (χ1n) is 9.24. The number of benzene rings is 1. The van der Waals surface area contributed by atoms with Crippen molar-refractivity contribution >= 4 is 23.2 Å². The Labute approximate surface area is 161 Å². The van der Waals surface area contributed by atoms with Gasteiger partial charge in [0.1, 0.15) is 17.1 Å². The summed E-state index contributed by atoms with van der Waals surface area (Å²) in [6, 6.07) is 6.65. The molecule has 2 aromatic rings. The van der Waals surface area contributed by atoms with Crippen molar-refractivity contribution in [2.24, 2.45) is 0 Å². The van der Waals surface area contributed by atoms with Gasteiger partial charge in [-0.3, -0.25) is 9.59 Å². The number of fused-ring (bicyclic) bond motifs is 1. The summed E-state index contributed by atoms with van der Waals surface area (Å²) < 4.78 is 10.8. The molecule has 3 N–H and O–H groups in total. The molecule has 4 rings (SSSR count). The largest absolute Gasteiger partial charge is 0.482 e. The van der Waals surface area contributed by atoms with Crippen molar-refractivity contribution in [3.8, 4) is 5.75 Å². The predicted molar refractivity (Wildman–Crippen MR) is 103 cm³/mol. The molecule has 2 aliphatic heterocycles. The number of piperidine rings is 1. The molecule has 1 atom stereocenters. The highest BCUT2D eigenvalue weighted by Gasteiger charge is 2.23. The molecule has 8 nitrogen and oxygen atoms in total. The van der Waals surface area contributed by atoms with Crippen molar-refractivity contribution in [1.29, 1.82) is 0 Å². The molecule has 2 amide bonds. The van der Waals surface area contributed by atoms with Crippen molar-refractivity contribution in [2.75, 3.05) is 30.3 Å². The first kappa shape index (κ1) is 18.2. The predicted octanol–water partition coefficient (Wildman–Crippen LogP) is 2.00. The molecule has 0 bridgehead atoms. The number of carbonyl (C=O) groups is 2. The third-order valence-corrected chi connectivity index (χ3v) is 4.97. The Morgan fingerprint density at radius 1 is 1.25 bits per heavy atom. The van der Waals surface area contributed by atoms with Gasteiger partial charge < -0.3 is 25.1 Å². The lowest BCUT2D eigenvalue weighted by Gasteiger charge is -2.22. The van der Waals surface area contributed by atoms with Crippen LogP contribution in [0.4, 0.5) is 11.4 Å². The maximum atomic E-state index is 12.7. The van der Waals surface area contributed by atoms with E-state index >= 15 is 0 Å². The van der Waals surface area contributed by atoms with Crippen molar-refractivity contribution in [3.63, 3.8) is 0 Å². The van der Waals surface area contributed by atoms with E-state index in [-0.39, 0.29) is 24.0 Å². The van der Waals surface area contributed by atoms with Gasteiger partial charge in [-0.25, -0.2) is 4.79 Å². The van der Waals surface area contributed by atoms with Crippen molar-refractivity contribution in [3.05, 3.63) is 51.6 Å². The molecule has 1 aromatic heterocycles. The number of anilines is 2. The average molecular weight is 383 g/mol. The first-order chi connectivity index (χ1) is 13.5. The van der Waals surface area contributed by atoms with Gasteiger partial charge >= 0.3 is 5.63 Å². The molecule has 8 heteroatoms. The number of carbonyl (C=O) groups excluding carboxylic acids is 2.